The summed E-state index contributed by atoms with van der Waals surface area (Å²) in [5.74, 6) is -0.163. The number of ether oxygens (including phenoxy) is 1. The Balaban J connectivity index is 2.63. The summed E-state index contributed by atoms with van der Waals surface area (Å²) in [6, 6.07) is 1.65. The van der Waals surface area contributed by atoms with Crippen molar-refractivity contribution in [3.8, 4) is 11.5 Å². The van der Waals surface area contributed by atoms with Gasteiger partial charge in [-0.1, -0.05) is 0 Å². The standard InChI is InChI=1S/C13H16O4/c1-7-8(2)11(14)9(6-10(7)17-3)13(4-5-13)12(15)16/h6,14H,4-5H2,1-3H3,(H,15,16). The second kappa shape index (κ2) is 3.65. The van der Waals surface area contributed by atoms with Crippen LogP contribution in [0.5, 0.6) is 11.5 Å². The summed E-state index contributed by atoms with van der Waals surface area (Å²) in [4.78, 5) is 11.3. The van der Waals surface area contributed by atoms with Gasteiger partial charge in [-0.2, -0.15) is 0 Å². The molecule has 0 bridgehead atoms. The number of aromatic hydroxyl groups is 1. The zero-order valence-electron chi connectivity index (χ0n) is 10.2. The molecular formula is C13H16O4. The average molecular weight is 236 g/mol. The first-order valence-electron chi connectivity index (χ1n) is 5.55. The van der Waals surface area contributed by atoms with Gasteiger partial charge in [0.05, 0.1) is 12.5 Å². The predicted octanol–water partition coefficient (Wildman–Crippen LogP) is 2.13. The van der Waals surface area contributed by atoms with Crippen molar-refractivity contribution in [3.05, 3.63) is 22.8 Å². The van der Waals surface area contributed by atoms with E-state index in [0.717, 1.165) is 5.56 Å². The van der Waals surface area contributed by atoms with Gasteiger partial charge in [0, 0.05) is 5.56 Å². The lowest BCUT2D eigenvalue weighted by Gasteiger charge is -2.18. The lowest BCUT2D eigenvalue weighted by atomic mass is 9.91. The zero-order chi connectivity index (χ0) is 12.8. The number of carbonyl (C=O) groups is 1. The van der Waals surface area contributed by atoms with Crippen LogP contribution in [0.25, 0.3) is 0 Å². The van der Waals surface area contributed by atoms with E-state index in [4.69, 9.17) is 4.74 Å². The van der Waals surface area contributed by atoms with E-state index in [0.29, 0.717) is 29.7 Å². The third-order valence-corrected chi connectivity index (χ3v) is 3.71. The van der Waals surface area contributed by atoms with Gasteiger partial charge in [-0.05, 0) is 43.9 Å². The number of carboxylic acids is 1. The van der Waals surface area contributed by atoms with E-state index < -0.39 is 11.4 Å². The lowest BCUT2D eigenvalue weighted by Crippen LogP contribution is -2.20. The van der Waals surface area contributed by atoms with Crippen molar-refractivity contribution in [2.45, 2.75) is 32.1 Å². The molecule has 2 rings (SSSR count). The molecule has 0 amide bonds. The van der Waals surface area contributed by atoms with Gasteiger partial charge in [-0.15, -0.1) is 0 Å². The molecule has 0 aliphatic heterocycles. The first-order valence-corrected chi connectivity index (χ1v) is 5.55. The minimum absolute atomic E-state index is 0.0863. The molecule has 4 nitrogen and oxygen atoms in total. The summed E-state index contributed by atoms with van der Waals surface area (Å²) in [5, 5.41) is 19.4. The van der Waals surface area contributed by atoms with Gasteiger partial charge in [0.15, 0.2) is 0 Å². The quantitative estimate of drug-likeness (QED) is 0.843. The van der Waals surface area contributed by atoms with Gasteiger partial charge in [-0.25, -0.2) is 0 Å². The van der Waals surface area contributed by atoms with E-state index in [2.05, 4.69) is 0 Å². The minimum atomic E-state index is -0.907. The molecule has 0 unspecified atom stereocenters. The number of phenolic OH excluding ortho intramolecular Hbond substituents is 1. The third kappa shape index (κ3) is 1.55. The number of phenols is 1. The Hall–Kier alpha value is -1.71. The van der Waals surface area contributed by atoms with Crippen LogP contribution in [0.1, 0.15) is 29.5 Å². The summed E-state index contributed by atoms with van der Waals surface area (Å²) >= 11 is 0. The van der Waals surface area contributed by atoms with E-state index in [1.165, 1.54) is 0 Å². The molecule has 1 aliphatic rings. The summed E-state index contributed by atoms with van der Waals surface area (Å²) in [7, 11) is 1.54. The van der Waals surface area contributed by atoms with Gasteiger partial charge >= 0.3 is 5.97 Å². The Bertz CT molecular complexity index is 487. The normalized spacial score (nSPS) is 16.6. The Morgan fingerprint density at radius 3 is 2.35 bits per heavy atom. The number of aliphatic carboxylic acids is 1. The topological polar surface area (TPSA) is 66.8 Å². The molecule has 1 aromatic carbocycles. The van der Waals surface area contributed by atoms with Crippen molar-refractivity contribution < 1.29 is 19.7 Å². The van der Waals surface area contributed by atoms with Crippen molar-refractivity contribution in [1.29, 1.82) is 0 Å². The van der Waals surface area contributed by atoms with E-state index in [1.807, 2.05) is 6.92 Å². The summed E-state index contributed by atoms with van der Waals surface area (Å²) < 4.78 is 5.22. The second-order valence-corrected chi connectivity index (χ2v) is 4.61. The highest BCUT2D eigenvalue weighted by Gasteiger charge is 2.53. The molecule has 1 aromatic rings. The zero-order valence-corrected chi connectivity index (χ0v) is 10.2. The maximum atomic E-state index is 11.3. The van der Waals surface area contributed by atoms with Crippen LogP contribution in [-0.4, -0.2) is 23.3 Å². The Labute approximate surface area is 99.8 Å². The molecule has 17 heavy (non-hydrogen) atoms. The first kappa shape index (κ1) is 11.8. The van der Waals surface area contributed by atoms with Gasteiger partial charge in [0.25, 0.3) is 0 Å². The SMILES string of the molecule is COc1cc(C2(C(=O)O)CC2)c(O)c(C)c1C. The Kier molecular flexibility index (Phi) is 2.53. The van der Waals surface area contributed by atoms with E-state index >= 15 is 0 Å². The highest BCUT2D eigenvalue weighted by Crippen LogP contribution is 2.53. The van der Waals surface area contributed by atoms with Crippen molar-refractivity contribution in [1.82, 2.24) is 0 Å². The van der Waals surface area contributed by atoms with Gasteiger partial charge in [0.2, 0.25) is 0 Å². The van der Waals surface area contributed by atoms with Gasteiger partial charge < -0.3 is 14.9 Å². The Morgan fingerprint density at radius 2 is 1.94 bits per heavy atom. The number of hydrogen-bond donors (Lipinski definition) is 2. The summed E-state index contributed by atoms with van der Waals surface area (Å²) in [6.07, 6.45) is 1.14. The molecule has 0 atom stereocenters. The van der Waals surface area contributed by atoms with E-state index in [-0.39, 0.29) is 5.75 Å². The van der Waals surface area contributed by atoms with E-state index in [1.54, 1.807) is 20.1 Å². The minimum Gasteiger partial charge on any atom is -0.507 e. The fourth-order valence-electron chi connectivity index (χ4n) is 2.17. The predicted molar refractivity (Wildman–Crippen MR) is 62.7 cm³/mol. The van der Waals surface area contributed by atoms with Crippen molar-refractivity contribution in [2.75, 3.05) is 7.11 Å². The fourth-order valence-corrected chi connectivity index (χ4v) is 2.17. The second-order valence-electron chi connectivity index (χ2n) is 4.61. The van der Waals surface area contributed by atoms with E-state index in [9.17, 15) is 15.0 Å². The van der Waals surface area contributed by atoms with Crippen LogP contribution in [0, 0.1) is 13.8 Å². The summed E-state index contributed by atoms with van der Waals surface area (Å²) in [6.45, 7) is 3.62. The smallest absolute Gasteiger partial charge is 0.314 e. The fraction of sp³-hybridized carbons (Fsp3) is 0.462. The van der Waals surface area contributed by atoms with Crippen molar-refractivity contribution in [2.24, 2.45) is 0 Å². The molecular weight excluding hydrogens is 220 g/mol. The van der Waals surface area contributed by atoms with Crippen LogP contribution < -0.4 is 4.74 Å². The molecule has 4 heteroatoms. The third-order valence-electron chi connectivity index (χ3n) is 3.71. The maximum absolute atomic E-state index is 11.3. The average Bonchev–Trinajstić information content (AvgIpc) is 3.08. The van der Waals surface area contributed by atoms with Crippen LogP contribution in [-0.2, 0) is 10.2 Å². The van der Waals surface area contributed by atoms with Crippen molar-refractivity contribution >= 4 is 5.97 Å². The monoisotopic (exact) mass is 236 g/mol. The molecule has 0 heterocycles. The number of hydrogen-bond acceptors (Lipinski definition) is 3. The molecule has 92 valence electrons. The van der Waals surface area contributed by atoms with Gasteiger partial charge in [-0.3, -0.25) is 4.79 Å². The van der Waals surface area contributed by atoms with Crippen LogP contribution in [0.4, 0.5) is 0 Å². The molecule has 0 saturated heterocycles. The van der Waals surface area contributed by atoms with Crippen molar-refractivity contribution in [3.63, 3.8) is 0 Å². The first-order chi connectivity index (χ1) is 7.94. The molecule has 0 radical (unpaired) electrons. The molecule has 1 aliphatic carbocycles. The van der Waals surface area contributed by atoms with Crippen LogP contribution in [0.3, 0.4) is 0 Å². The van der Waals surface area contributed by atoms with Crippen LogP contribution >= 0.6 is 0 Å². The maximum Gasteiger partial charge on any atom is 0.314 e. The molecule has 2 N–H and O–H groups in total. The Morgan fingerprint density at radius 1 is 1.35 bits per heavy atom. The van der Waals surface area contributed by atoms with Crippen LogP contribution in [0.2, 0.25) is 0 Å². The molecule has 1 fully saturated rings. The molecule has 1 saturated carbocycles. The number of rotatable bonds is 3. The highest BCUT2D eigenvalue weighted by molar-refractivity contribution is 5.86. The summed E-state index contributed by atoms with van der Waals surface area (Å²) in [5.41, 5.74) is 1.10. The number of methoxy groups -OCH3 is 1. The lowest BCUT2D eigenvalue weighted by molar-refractivity contribution is -0.140. The number of benzene rings is 1. The molecule has 0 spiro atoms. The highest BCUT2D eigenvalue weighted by atomic mass is 16.5. The van der Waals surface area contributed by atoms with Crippen LogP contribution in [0.15, 0.2) is 6.07 Å². The number of carboxylic acid groups (broad SMARTS) is 1. The molecule has 0 aromatic heterocycles. The largest absolute Gasteiger partial charge is 0.507 e. The van der Waals surface area contributed by atoms with Gasteiger partial charge in [0.1, 0.15) is 11.5 Å².